The van der Waals surface area contributed by atoms with E-state index in [0.717, 1.165) is 5.76 Å². The molecule has 2 heteroatoms. The lowest BCUT2D eigenvalue weighted by Crippen LogP contribution is -1.89. The van der Waals surface area contributed by atoms with Crippen LogP contribution in [-0.2, 0) is 4.79 Å². The number of carbonyl (C=O) groups excluding carboxylic acids is 1. The summed E-state index contributed by atoms with van der Waals surface area (Å²) in [5.41, 5.74) is 0.708. The Morgan fingerprint density at radius 2 is 2.27 bits per heavy atom. The second kappa shape index (κ2) is 3.19. The van der Waals surface area contributed by atoms with Crippen LogP contribution in [0.25, 0.3) is 6.08 Å². The highest BCUT2D eigenvalue weighted by Gasteiger charge is 1.96. The van der Waals surface area contributed by atoms with E-state index in [4.69, 9.17) is 4.42 Å². The summed E-state index contributed by atoms with van der Waals surface area (Å²) in [4.78, 5) is 10.8. The minimum absolute atomic E-state index is 0.0707. The molecule has 0 atom stereocenters. The highest BCUT2D eigenvalue weighted by molar-refractivity contribution is 5.96. The summed E-state index contributed by atoms with van der Waals surface area (Å²) in [7, 11) is 0. The molecule has 1 aromatic heterocycles. The van der Waals surface area contributed by atoms with Crippen LogP contribution < -0.4 is 0 Å². The third-order valence-electron chi connectivity index (χ3n) is 1.46. The third-order valence-corrected chi connectivity index (χ3v) is 1.46. The Labute approximate surface area is 65.5 Å². The number of rotatable bonds is 2. The van der Waals surface area contributed by atoms with Gasteiger partial charge in [-0.3, -0.25) is 4.79 Å². The summed E-state index contributed by atoms with van der Waals surface area (Å²) in [5.74, 6) is 0.791. The summed E-state index contributed by atoms with van der Waals surface area (Å²) in [6, 6.07) is 3.60. The lowest BCUT2D eigenvalue weighted by atomic mass is 10.2. The van der Waals surface area contributed by atoms with Crippen molar-refractivity contribution in [1.82, 2.24) is 0 Å². The van der Waals surface area contributed by atoms with Gasteiger partial charge in [0.15, 0.2) is 5.78 Å². The maximum Gasteiger partial charge on any atom is 0.155 e. The average molecular weight is 150 g/mol. The lowest BCUT2D eigenvalue weighted by Gasteiger charge is -1.90. The van der Waals surface area contributed by atoms with E-state index < -0.39 is 0 Å². The van der Waals surface area contributed by atoms with Crippen molar-refractivity contribution >= 4 is 11.9 Å². The molecule has 1 aromatic rings. The van der Waals surface area contributed by atoms with E-state index >= 15 is 0 Å². The van der Waals surface area contributed by atoms with Crippen molar-refractivity contribution in [2.75, 3.05) is 0 Å². The Morgan fingerprint density at radius 3 is 2.73 bits per heavy atom. The van der Waals surface area contributed by atoms with Crippen LogP contribution in [-0.4, -0.2) is 5.78 Å². The van der Waals surface area contributed by atoms with Gasteiger partial charge in [-0.15, -0.1) is 0 Å². The van der Waals surface area contributed by atoms with Crippen molar-refractivity contribution < 1.29 is 9.21 Å². The van der Waals surface area contributed by atoms with Crippen LogP contribution in [0.5, 0.6) is 0 Å². The second-order valence-corrected chi connectivity index (χ2v) is 2.40. The normalized spacial score (nSPS) is 11.6. The monoisotopic (exact) mass is 150 g/mol. The van der Waals surface area contributed by atoms with E-state index in [-0.39, 0.29) is 5.78 Å². The molecular weight excluding hydrogens is 140 g/mol. The number of furan rings is 1. The van der Waals surface area contributed by atoms with Crippen LogP contribution >= 0.6 is 0 Å². The molecule has 0 aromatic carbocycles. The van der Waals surface area contributed by atoms with Gasteiger partial charge >= 0.3 is 0 Å². The molecular formula is C9H10O2. The zero-order valence-corrected chi connectivity index (χ0v) is 6.63. The van der Waals surface area contributed by atoms with Gasteiger partial charge in [0.2, 0.25) is 0 Å². The summed E-state index contributed by atoms with van der Waals surface area (Å²) in [5, 5.41) is 0. The standard InChI is InChI=1S/C9H10O2/c1-7(8(2)10)6-9-4-3-5-11-9/h3-6H,1-2H3/b7-6-. The molecule has 1 heterocycles. The van der Waals surface area contributed by atoms with Gasteiger partial charge < -0.3 is 4.42 Å². The van der Waals surface area contributed by atoms with Gasteiger partial charge in [-0.1, -0.05) is 0 Å². The lowest BCUT2D eigenvalue weighted by molar-refractivity contribution is -0.113. The Kier molecular flexibility index (Phi) is 2.26. The molecule has 0 aliphatic heterocycles. The van der Waals surface area contributed by atoms with Crippen molar-refractivity contribution in [2.45, 2.75) is 13.8 Å². The Morgan fingerprint density at radius 1 is 1.55 bits per heavy atom. The van der Waals surface area contributed by atoms with Gasteiger partial charge in [0, 0.05) is 0 Å². The fraction of sp³-hybridized carbons (Fsp3) is 0.222. The molecule has 0 amide bonds. The van der Waals surface area contributed by atoms with Crippen LogP contribution in [0.3, 0.4) is 0 Å². The van der Waals surface area contributed by atoms with E-state index in [1.54, 1.807) is 25.3 Å². The predicted octanol–water partition coefficient (Wildman–Crippen LogP) is 2.27. The first-order valence-electron chi connectivity index (χ1n) is 3.43. The Bertz CT molecular complexity index is 268. The number of carbonyl (C=O) groups is 1. The largest absolute Gasteiger partial charge is 0.465 e. The number of hydrogen-bond acceptors (Lipinski definition) is 2. The molecule has 0 aliphatic rings. The second-order valence-electron chi connectivity index (χ2n) is 2.40. The van der Waals surface area contributed by atoms with Crippen LogP contribution in [0.4, 0.5) is 0 Å². The highest BCUT2D eigenvalue weighted by Crippen LogP contribution is 2.06. The van der Waals surface area contributed by atoms with E-state index in [1.807, 2.05) is 6.07 Å². The molecule has 0 saturated heterocycles. The van der Waals surface area contributed by atoms with Gasteiger partial charge in [-0.25, -0.2) is 0 Å². The van der Waals surface area contributed by atoms with Crippen LogP contribution in [0.1, 0.15) is 19.6 Å². The Hall–Kier alpha value is -1.31. The van der Waals surface area contributed by atoms with Crippen molar-refractivity contribution in [1.29, 1.82) is 0 Å². The fourth-order valence-electron chi connectivity index (χ4n) is 0.688. The molecule has 0 spiro atoms. The number of allylic oxidation sites excluding steroid dienone is 1. The highest BCUT2D eigenvalue weighted by atomic mass is 16.3. The minimum Gasteiger partial charge on any atom is -0.465 e. The number of ketones is 1. The zero-order valence-electron chi connectivity index (χ0n) is 6.63. The maximum atomic E-state index is 10.8. The van der Waals surface area contributed by atoms with E-state index in [9.17, 15) is 4.79 Å². The Balaban J connectivity index is 2.82. The first-order chi connectivity index (χ1) is 5.20. The molecule has 0 N–H and O–H groups in total. The van der Waals surface area contributed by atoms with Gasteiger partial charge in [-0.05, 0) is 37.6 Å². The summed E-state index contributed by atoms with van der Waals surface area (Å²) in [6.07, 6.45) is 3.31. The molecule has 0 aliphatic carbocycles. The summed E-state index contributed by atoms with van der Waals surface area (Å²) >= 11 is 0. The molecule has 0 bridgehead atoms. The third kappa shape index (κ3) is 2.08. The van der Waals surface area contributed by atoms with Gasteiger partial charge in [0.1, 0.15) is 5.76 Å². The SMILES string of the molecule is CC(=O)/C(C)=C\c1ccco1. The quantitative estimate of drug-likeness (QED) is 0.605. The number of hydrogen-bond donors (Lipinski definition) is 0. The van der Waals surface area contributed by atoms with Gasteiger partial charge in [-0.2, -0.15) is 0 Å². The van der Waals surface area contributed by atoms with Crippen LogP contribution in [0.2, 0.25) is 0 Å². The first kappa shape index (κ1) is 7.79. The topological polar surface area (TPSA) is 30.2 Å². The van der Waals surface area contributed by atoms with Crippen molar-refractivity contribution in [3.8, 4) is 0 Å². The first-order valence-corrected chi connectivity index (χ1v) is 3.43. The molecule has 1 rings (SSSR count). The molecule has 2 nitrogen and oxygen atoms in total. The smallest absolute Gasteiger partial charge is 0.155 e. The zero-order chi connectivity index (χ0) is 8.27. The van der Waals surface area contributed by atoms with E-state index in [1.165, 1.54) is 6.92 Å². The van der Waals surface area contributed by atoms with E-state index in [0.29, 0.717) is 5.57 Å². The van der Waals surface area contributed by atoms with Crippen molar-refractivity contribution in [3.05, 3.63) is 29.7 Å². The molecule has 0 fully saturated rings. The summed E-state index contributed by atoms with van der Waals surface area (Å²) in [6.45, 7) is 3.31. The minimum atomic E-state index is 0.0707. The van der Waals surface area contributed by atoms with Gasteiger partial charge in [0.25, 0.3) is 0 Å². The molecule has 0 radical (unpaired) electrons. The van der Waals surface area contributed by atoms with E-state index in [2.05, 4.69) is 0 Å². The van der Waals surface area contributed by atoms with Crippen LogP contribution in [0.15, 0.2) is 28.4 Å². The van der Waals surface area contributed by atoms with Crippen LogP contribution in [0, 0.1) is 0 Å². The fourth-order valence-corrected chi connectivity index (χ4v) is 0.688. The number of Topliss-reactive ketones (excluding diaryl/α,β-unsaturated/α-hetero) is 1. The molecule has 0 unspecified atom stereocenters. The predicted molar refractivity (Wildman–Crippen MR) is 43.0 cm³/mol. The molecule has 0 saturated carbocycles. The summed E-state index contributed by atoms with van der Waals surface area (Å²) < 4.78 is 5.03. The average Bonchev–Trinajstić information content (AvgIpc) is 2.39. The van der Waals surface area contributed by atoms with Crippen molar-refractivity contribution in [3.63, 3.8) is 0 Å². The molecule has 11 heavy (non-hydrogen) atoms. The van der Waals surface area contributed by atoms with Gasteiger partial charge in [0.05, 0.1) is 6.26 Å². The molecule has 58 valence electrons. The maximum absolute atomic E-state index is 10.8. The van der Waals surface area contributed by atoms with Crippen molar-refractivity contribution in [2.24, 2.45) is 0 Å².